The lowest BCUT2D eigenvalue weighted by Crippen LogP contribution is -2.51. The zero-order valence-corrected chi connectivity index (χ0v) is 24.7. The van der Waals surface area contributed by atoms with E-state index in [1.54, 1.807) is 9.80 Å². The molecular formula is C29H32ClF3N8O3. The topological polar surface area (TPSA) is 142 Å². The Morgan fingerprint density at radius 3 is 2.39 bits per heavy atom. The molecule has 2 atom stereocenters. The first-order valence-corrected chi connectivity index (χ1v) is 14.9. The number of alkyl halides is 3. The lowest BCUT2D eigenvalue weighted by Gasteiger charge is -2.36. The average molecular weight is 633 g/mol. The molecule has 2 aromatic heterocycles. The molecule has 2 saturated carbocycles. The molecule has 3 amide bonds. The molecule has 3 fully saturated rings. The number of hydrogen-bond donors (Lipinski definition) is 3. The highest BCUT2D eigenvalue weighted by atomic mass is 35.5. The quantitative estimate of drug-likeness (QED) is 0.375. The van der Waals surface area contributed by atoms with Crippen molar-refractivity contribution in [1.29, 1.82) is 0 Å². The Morgan fingerprint density at radius 1 is 1.07 bits per heavy atom. The van der Waals surface area contributed by atoms with Gasteiger partial charge in [0.05, 0.1) is 28.0 Å². The van der Waals surface area contributed by atoms with Crippen LogP contribution >= 0.6 is 11.6 Å². The number of halogens is 4. The van der Waals surface area contributed by atoms with Crippen LogP contribution in [-0.4, -0.2) is 79.5 Å². The molecule has 0 radical (unpaired) electrons. The highest BCUT2D eigenvalue weighted by Gasteiger charge is 2.42. The van der Waals surface area contributed by atoms with Crippen LogP contribution in [0.25, 0.3) is 11.3 Å². The van der Waals surface area contributed by atoms with Gasteiger partial charge in [0, 0.05) is 62.5 Å². The molecule has 3 aromatic rings. The fourth-order valence-corrected chi connectivity index (χ4v) is 6.35. The Balaban J connectivity index is 1.11. The van der Waals surface area contributed by atoms with Crippen LogP contribution in [0.15, 0.2) is 24.4 Å². The first kappa shape index (κ1) is 30.1. The second-order valence-corrected chi connectivity index (χ2v) is 12.1. The summed E-state index contributed by atoms with van der Waals surface area (Å²) in [6.07, 6.45) is 0.391. The molecule has 234 valence electrons. The van der Waals surface area contributed by atoms with Crippen molar-refractivity contribution >= 4 is 35.0 Å². The Labute approximate surface area is 255 Å². The van der Waals surface area contributed by atoms with E-state index in [4.69, 9.17) is 17.3 Å². The minimum absolute atomic E-state index is 0.0492. The Bertz CT molecular complexity index is 1610. The second kappa shape index (κ2) is 11.5. The van der Waals surface area contributed by atoms with Gasteiger partial charge in [0.25, 0.3) is 11.8 Å². The molecule has 0 bridgehead atoms. The summed E-state index contributed by atoms with van der Waals surface area (Å²) < 4.78 is 42.5. The van der Waals surface area contributed by atoms with Crippen LogP contribution in [0.1, 0.15) is 70.4 Å². The molecule has 1 aliphatic heterocycles. The van der Waals surface area contributed by atoms with Crippen molar-refractivity contribution in [1.82, 2.24) is 29.5 Å². The van der Waals surface area contributed by atoms with E-state index in [1.165, 1.54) is 36.0 Å². The fraction of sp³-hybridized carbons (Fsp3) is 0.483. The average Bonchev–Trinajstić information content (AvgIpc) is 3.37. The largest absolute Gasteiger partial charge is 0.435 e. The summed E-state index contributed by atoms with van der Waals surface area (Å²) in [5.74, 6) is -1.07. The SMILES string of the molecule is Cn1c(-c2c(C(F)(F)F)n[nH]c2C2CC2)cnc1C(=O)Nc1ccc(C(=O)N2CCN(C(=O)[C@@H]3CC[C@@H](N)C3)CC2)c(Cl)c1. The van der Waals surface area contributed by atoms with E-state index >= 15 is 0 Å². The summed E-state index contributed by atoms with van der Waals surface area (Å²) in [5.41, 5.74) is 5.83. The van der Waals surface area contributed by atoms with Crippen molar-refractivity contribution in [3.05, 3.63) is 52.2 Å². The third kappa shape index (κ3) is 5.80. The molecule has 6 rings (SSSR count). The predicted octanol–water partition coefficient (Wildman–Crippen LogP) is 4.02. The minimum atomic E-state index is -4.68. The second-order valence-electron chi connectivity index (χ2n) is 11.7. The zero-order valence-electron chi connectivity index (χ0n) is 24.0. The van der Waals surface area contributed by atoms with Gasteiger partial charge in [-0.05, 0) is 50.3 Å². The zero-order chi connectivity index (χ0) is 31.3. The van der Waals surface area contributed by atoms with E-state index in [2.05, 4.69) is 20.5 Å². The van der Waals surface area contributed by atoms with Crippen LogP contribution in [0.4, 0.5) is 18.9 Å². The van der Waals surface area contributed by atoms with Gasteiger partial charge in [-0.2, -0.15) is 18.3 Å². The van der Waals surface area contributed by atoms with Gasteiger partial charge in [0.2, 0.25) is 5.91 Å². The number of nitrogens with two attached hydrogens (primary N) is 1. The lowest BCUT2D eigenvalue weighted by atomic mass is 10.1. The number of hydrogen-bond acceptors (Lipinski definition) is 6. The number of amides is 3. The molecule has 3 heterocycles. The van der Waals surface area contributed by atoms with E-state index in [0.29, 0.717) is 38.3 Å². The smallest absolute Gasteiger partial charge is 0.339 e. The van der Waals surface area contributed by atoms with Gasteiger partial charge in [-0.3, -0.25) is 19.5 Å². The summed E-state index contributed by atoms with van der Waals surface area (Å²) in [5, 5.41) is 8.83. The van der Waals surface area contributed by atoms with Gasteiger partial charge in [0.15, 0.2) is 11.5 Å². The van der Waals surface area contributed by atoms with Gasteiger partial charge in [-0.25, -0.2) is 4.98 Å². The van der Waals surface area contributed by atoms with Crippen LogP contribution in [0.2, 0.25) is 5.02 Å². The molecule has 0 unspecified atom stereocenters. The van der Waals surface area contributed by atoms with Crippen molar-refractivity contribution in [2.75, 3.05) is 31.5 Å². The molecule has 2 aliphatic carbocycles. The Hall–Kier alpha value is -3.91. The van der Waals surface area contributed by atoms with Crippen LogP contribution in [0.3, 0.4) is 0 Å². The number of nitrogens with one attached hydrogen (secondary N) is 2. The van der Waals surface area contributed by atoms with E-state index in [9.17, 15) is 27.6 Å². The van der Waals surface area contributed by atoms with Crippen LogP contribution < -0.4 is 11.1 Å². The number of H-pyrrole nitrogens is 1. The van der Waals surface area contributed by atoms with Crippen LogP contribution in [-0.2, 0) is 18.0 Å². The summed E-state index contributed by atoms with van der Waals surface area (Å²) in [6.45, 7) is 1.60. The molecular weight excluding hydrogens is 601 g/mol. The number of carbonyl (C=O) groups excluding carboxylic acids is 3. The molecule has 1 aromatic carbocycles. The van der Waals surface area contributed by atoms with E-state index < -0.39 is 17.8 Å². The van der Waals surface area contributed by atoms with E-state index in [1.807, 2.05) is 0 Å². The molecule has 1 saturated heterocycles. The fourth-order valence-electron chi connectivity index (χ4n) is 6.09. The number of aromatic nitrogens is 4. The number of aromatic amines is 1. The normalized spacial score (nSPS) is 20.7. The number of rotatable bonds is 6. The maximum Gasteiger partial charge on any atom is 0.435 e. The number of anilines is 1. The van der Waals surface area contributed by atoms with Crippen molar-refractivity contribution in [3.63, 3.8) is 0 Å². The number of piperazine rings is 1. The van der Waals surface area contributed by atoms with Crippen LogP contribution in [0.5, 0.6) is 0 Å². The summed E-state index contributed by atoms with van der Waals surface area (Å²) in [6, 6.07) is 4.52. The number of benzene rings is 1. The molecule has 44 heavy (non-hydrogen) atoms. The minimum Gasteiger partial charge on any atom is -0.339 e. The maximum atomic E-state index is 13.7. The summed E-state index contributed by atoms with van der Waals surface area (Å²) in [7, 11) is 1.46. The van der Waals surface area contributed by atoms with Crippen LogP contribution in [0, 0.1) is 5.92 Å². The standard InChI is InChI=1S/C29H32ClF3N8O3/c1-39-21(22-23(15-2-3-15)37-38-24(22)29(31,32)33)14-35-25(39)26(42)36-18-6-7-19(20(30)13-18)28(44)41-10-8-40(9-11-41)27(43)16-4-5-17(34)12-16/h6-7,13-17H,2-5,8-12,34H2,1H3,(H,36,42)(H,37,38)/t16-,17-/m1/s1. The molecule has 15 heteroatoms. The van der Waals surface area contributed by atoms with Gasteiger partial charge >= 0.3 is 6.18 Å². The Morgan fingerprint density at radius 2 is 1.77 bits per heavy atom. The van der Waals surface area contributed by atoms with E-state index in [-0.39, 0.29) is 63.0 Å². The van der Waals surface area contributed by atoms with Crippen molar-refractivity contribution in [2.24, 2.45) is 18.7 Å². The summed E-state index contributed by atoms with van der Waals surface area (Å²) >= 11 is 6.45. The third-order valence-electron chi connectivity index (χ3n) is 8.65. The highest BCUT2D eigenvalue weighted by molar-refractivity contribution is 6.34. The lowest BCUT2D eigenvalue weighted by molar-refractivity contribution is -0.140. The van der Waals surface area contributed by atoms with Gasteiger partial charge < -0.3 is 25.4 Å². The van der Waals surface area contributed by atoms with E-state index in [0.717, 1.165) is 25.7 Å². The highest BCUT2D eigenvalue weighted by Crippen LogP contribution is 2.47. The predicted molar refractivity (Wildman–Crippen MR) is 155 cm³/mol. The number of imidazole rings is 1. The molecule has 3 aliphatic rings. The van der Waals surface area contributed by atoms with Crippen molar-refractivity contribution < 1.29 is 27.6 Å². The number of nitrogens with zero attached hydrogens (tertiary/aromatic N) is 5. The monoisotopic (exact) mass is 632 g/mol. The maximum absolute atomic E-state index is 13.7. The van der Waals surface area contributed by atoms with Gasteiger partial charge in [0.1, 0.15) is 0 Å². The first-order chi connectivity index (χ1) is 20.9. The van der Waals surface area contributed by atoms with Crippen molar-refractivity contribution in [3.8, 4) is 11.3 Å². The summed E-state index contributed by atoms with van der Waals surface area (Å²) in [4.78, 5) is 46.7. The van der Waals surface area contributed by atoms with Gasteiger partial charge in [-0.1, -0.05) is 11.6 Å². The Kier molecular flexibility index (Phi) is 7.91. The molecule has 4 N–H and O–H groups in total. The number of carbonyl (C=O) groups is 3. The molecule has 11 nitrogen and oxygen atoms in total. The van der Waals surface area contributed by atoms with Crippen molar-refractivity contribution in [2.45, 2.75) is 50.2 Å². The third-order valence-corrected chi connectivity index (χ3v) is 8.97. The van der Waals surface area contributed by atoms with Gasteiger partial charge in [-0.15, -0.1) is 0 Å². The first-order valence-electron chi connectivity index (χ1n) is 14.5. The molecule has 0 spiro atoms.